The van der Waals surface area contributed by atoms with Crippen molar-refractivity contribution < 1.29 is 19.7 Å². The van der Waals surface area contributed by atoms with Gasteiger partial charge in [0.2, 0.25) is 5.91 Å². The predicted molar refractivity (Wildman–Crippen MR) is 111 cm³/mol. The minimum absolute atomic E-state index is 0.0397. The molecule has 0 aliphatic carbocycles. The molecule has 1 fully saturated rings. The number of quaternary nitrogens is 2. The third kappa shape index (κ3) is 6.36. The first-order chi connectivity index (χ1) is 13.6. The molecule has 1 amide bonds. The van der Waals surface area contributed by atoms with E-state index in [9.17, 15) is 4.79 Å². The molecule has 1 aliphatic heterocycles. The highest BCUT2D eigenvalue weighted by Crippen LogP contribution is 2.15. The van der Waals surface area contributed by atoms with Crippen molar-refractivity contribution >= 4 is 11.6 Å². The SMILES string of the molecule is COc1ccc(NC(=O)C[C@H](C)[NH2+]Cc2ccc(C[NH+]3CCCC3)cc2)cc1. The second-order valence-electron chi connectivity index (χ2n) is 7.85. The van der Waals surface area contributed by atoms with Gasteiger partial charge in [-0.25, -0.2) is 0 Å². The van der Waals surface area contributed by atoms with Crippen molar-refractivity contribution in [3.05, 3.63) is 59.7 Å². The lowest BCUT2D eigenvalue weighted by Crippen LogP contribution is -3.08. The third-order valence-corrected chi connectivity index (χ3v) is 5.42. The normalized spacial score (nSPS) is 15.4. The number of nitrogens with two attached hydrogens (primary N) is 1. The van der Waals surface area contributed by atoms with Crippen molar-refractivity contribution in [3.63, 3.8) is 0 Å². The largest absolute Gasteiger partial charge is 0.497 e. The average molecular weight is 384 g/mol. The van der Waals surface area contributed by atoms with Crippen LogP contribution in [0.1, 0.15) is 37.3 Å². The summed E-state index contributed by atoms with van der Waals surface area (Å²) in [6.45, 7) is 6.76. The highest BCUT2D eigenvalue weighted by molar-refractivity contribution is 5.90. The van der Waals surface area contributed by atoms with Crippen molar-refractivity contribution in [2.24, 2.45) is 0 Å². The van der Waals surface area contributed by atoms with Gasteiger partial charge in [0.15, 0.2) is 0 Å². The van der Waals surface area contributed by atoms with Crippen molar-refractivity contribution in [1.82, 2.24) is 0 Å². The van der Waals surface area contributed by atoms with Crippen LogP contribution in [0.15, 0.2) is 48.5 Å². The lowest BCUT2D eigenvalue weighted by atomic mass is 10.1. The number of nitrogens with one attached hydrogen (secondary N) is 2. The summed E-state index contributed by atoms with van der Waals surface area (Å²) in [7, 11) is 1.63. The second-order valence-corrected chi connectivity index (χ2v) is 7.85. The quantitative estimate of drug-likeness (QED) is 0.612. The number of hydrogen-bond donors (Lipinski definition) is 3. The standard InChI is InChI=1S/C23H31N3O2/c1-18(15-23(27)25-21-9-11-22(28-2)12-10-21)24-16-19-5-7-20(8-6-19)17-26-13-3-4-14-26/h5-12,18,24H,3-4,13-17H2,1-2H3,(H,25,27)/p+2/t18-/m0/s1. The van der Waals surface area contributed by atoms with Crippen LogP contribution in [0.5, 0.6) is 5.75 Å². The smallest absolute Gasteiger partial charge is 0.230 e. The number of rotatable bonds is 9. The summed E-state index contributed by atoms with van der Waals surface area (Å²) in [5.74, 6) is 0.824. The second kappa shape index (κ2) is 10.2. The van der Waals surface area contributed by atoms with Crippen molar-refractivity contribution in [1.29, 1.82) is 0 Å². The number of carbonyl (C=O) groups excluding carboxylic acids is 1. The van der Waals surface area contributed by atoms with Crippen LogP contribution < -0.4 is 20.3 Å². The molecule has 2 aromatic carbocycles. The van der Waals surface area contributed by atoms with Crippen LogP contribution in [0.2, 0.25) is 0 Å². The van der Waals surface area contributed by atoms with Crippen molar-refractivity contribution in [2.75, 3.05) is 25.5 Å². The molecule has 1 saturated heterocycles. The molecule has 0 aromatic heterocycles. The fourth-order valence-electron chi connectivity index (χ4n) is 3.73. The van der Waals surface area contributed by atoms with Gasteiger partial charge in [-0.2, -0.15) is 0 Å². The molecular weight excluding hydrogens is 350 g/mol. The Morgan fingerprint density at radius 3 is 2.36 bits per heavy atom. The minimum atomic E-state index is 0.0397. The summed E-state index contributed by atoms with van der Waals surface area (Å²) >= 11 is 0. The summed E-state index contributed by atoms with van der Waals surface area (Å²) in [6.07, 6.45) is 3.22. The fraction of sp³-hybridized carbons (Fsp3) is 0.435. The molecule has 1 atom stereocenters. The van der Waals surface area contributed by atoms with E-state index in [0.717, 1.165) is 24.5 Å². The Morgan fingerprint density at radius 1 is 1.07 bits per heavy atom. The molecule has 1 aliphatic rings. The number of methoxy groups -OCH3 is 1. The highest BCUT2D eigenvalue weighted by Gasteiger charge is 2.16. The molecule has 2 aromatic rings. The number of ether oxygens (including phenoxy) is 1. The topological polar surface area (TPSA) is 59.4 Å². The maximum Gasteiger partial charge on any atom is 0.230 e. The number of benzene rings is 2. The molecule has 3 rings (SSSR count). The maximum absolute atomic E-state index is 12.2. The molecule has 28 heavy (non-hydrogen) atoms. The Hall–Kier alpha value is -2.37. The highest BCUT2D eigenvalue weighted by atomic mass is 16.5. The molecule has 5 nitrogen and oxygen atoms in total. The van der Waals surface area contributed by atoms with E-state index < -0.39 is 0 Å². The molecule has 4 N–H and O–H groups in total. The van der Waals surface area contributed by atoms with Crippen LogP contribution in [-0.4, -0.2) is 32.1 Å². The average Bonchev–Trinajstić information content (AvgIpc) is 3.21. The fourth-order valence-corrected chi connectivity index (χ4v) is 3.73. The van der Waals surface area contributed by atoms with Gasteiger partial charge in [0.25, 0.3) is 0 Å². The van der Waals surface area contributed by atoms with E-state index in [0.29, 0.717) is 6.42 Å². The minimum Gasteiger partial charge on any atom is -0.497 e. The van der Waals surface area contributed by atoms with E-state index in [4.69, 9.17) is 4.74 Å². The van der Waals surface area contributed by atoms with Crippen molar-refractivity contribution in [2.45, 2.75) is 45.3 Å². The Kier molecular flexibility index (Phi) is 7.46. The zero-order valence-electron chi connectivity index (χ0n) is 17.0. The zero-order valence-corrected chi connectivity index (χ0v) is 17.0. The molecule has 150 valence electrons. The summed E-state index contributed by atoms with van der Waals surface area (Å²) in [5.41, 5.74) is 3.53. The third-order valence-electron chi connectivity index (χ3n) is 5.42. The molecule has 0 radical (unpaired) electrons. The van der Waals surface area contributed by atoms with Gasteiger partial charge in [0, 0.05) is 29.7 Å². The van der Waals surface area contributed by atoms with Gasteiger partial charge < -0.3 is 20.3 Å². The van der Waals surface area contributed by atoms with Crippen LogP contribution in [0, 0.1) is 0 Å². The van der Waals surface area contributed by atoms with Crippen LogP contribution in [0.4, 0.5) is 5.69 Å². The van der Waals surface area contributed by atoms with Crippen molar-refractivity contribution in [3.8, 4) is 5.75 Å². The Balaban J connectivity index is 1.39. The summed E-state index contributed by atoms with van der Waals surface area (Å²) in [4.78, 5) is 13.9. The molecule has 1 heterocycles. The Bertz CT molecular complexity index is 737. The lowest BCUT2D eigenvalue weighted by molar-refractivity contribution is -0.901. The predicted octanol–water partition coefficient (Wildman–Crippen LogP) is 1.35. The van der Waals surface area contributed by atoms with E-state index in [1.54, 1.807) is 12.0 Å². The van der Waals surface area contributed by atoms with Crippen LogP contribution in [0.25, 0.3) is 0 Å². The number of likely N-dealkylation sites (tertiary alicyclic amines) is 1. The monoisotopic (exact) mass is 383 g/mol. The van der Waals surface area contributed by atoms with Gasteiger partial charge in [0.1, 0.15) is 18.8 Å². The number of anilines is 1. The maximum atomic E-state index is 12.2. The van der Waals surface area contributed by atoms with Gasteiger partial charge in [-0.3, -0.25) is 4.79 Å². The van der Waals surface area contributed by atoms with E-state index in [1.807, 2.05) is 24.3 Å². The summed E-state index contributed by atoms with van der Waals surface area (Å²) < 4.78 is 5.13. The zero-order chi connectivity index (χ0) is 19.8. The van der Waals surface area contributed by atoms with Crippen LogP contribution in [0.3, 0.4) is 0 Å². The van der Waals surface area contributed by atoms with Gasteiger partial charge >= 0.3 is 0 Å². The number of carbonyl (C=O) groups is 1. The Labute approximate surface area is 168 Å². The van der Waals surface area contributed by atoms with E-state index >= 15 is 0 Å². The molecular formula is C23H33N3O2+2. The molecule has 0 spiro atoms. The van der Waals surface area contributed by atoms with Gasteiger partial charge in [-0.1, -0.05) is 24.3 Å². The first-order valence-electron chi connectivity index (χ1n) is 10.3. The van der Waals surface area contributed by atoms with E-state index in [1.165, 1.54) is 37.1 Å². The first kappa shape index (κ1) is 20.4. The number of hydrogen-bond acceptors (Lipinski definition) is 2. The molecule has 0 unspecified atom stereocenters. The van der Waals surface area contributed by atoms with Gasteiger partial charge in [0.05, 0.1) is 32.7 Å². The lowest BCUT2D eigenvalue weighted by Gasteiger charge is -2.13. The van der Waals surface area contributed by atoms with Crippen LogP contribution in [-0.2, 0) is 17.9 Å². The van der Waals surface area contributed by atoms with E-state index in [-0.39, 0.29) is 11.9 Å². The number of amides is 1. The van der Waals surface area contributed by atoms with E-state index in [2.05, 4.69) is 41.8 Å². The first-order valence-corrected chi connectivity index (χ1v) is 10.3. The van der Waals surface area contributed by atoms with Gasteiger partial charge in [-0.15, -0.1) is 0 Å². The van der Waals surface area contributed by atoms with Gasteiger partial charge in [-0.05, 0) is 31.2 Å². The van der Waals surface area contributed by atoms with Crippen LogP contribution >= 0.6 is 0 Å². The summed E-state index contributed by atoms with van der Waals surface area (Å²) in [5, 5.41) is 5.18. The molecule has 5 heteroatoms. The summed E-state index contributed by atoms with van der Waals surface area (Å²) in [6, 6.07) is 16.6. The molecule has 0 bridgehead atoms. The molecule has 0 saturated carbocycles. The Morgan fingerprint density at radius 2 is 1.71 bits per heavy atom.